The molecule has 3 aliphatic heterocycles. The van der Waals surface area contributed by atoms with Gasteiger partial charge < -0.3 is 33.6 Å². The molecule has 2 N–H and O–H groups in total. The maximum Gasteiger partial charge on any atom is 0.339 e. The van der Waals surface area contributed by atoms with E-state index in [1.54, 1.807) is 26.0 Å². The molecule has 6 atom stereocenters. The number of carbonyl (C=O) groups is 2. The monoisotopic (exact) mass is 876 g/mol. The van der Waals surface area contributed by atoms with E-state index in [1.807, 2.05) is 6.07 Å². The number of esters is 2. The van der Waals surface area contributed by atoms with Crippen molar-refractivity contribution in [3.8, 4) is 17.6 Å². The Labute approximate surface area is 379 Å². The van der Waals surface area contributed by atoms with Gasteiger partial charge in [-0.2, -0.15) is 0 Å². The molecule has 0 amide bonds. The van der Waals surface area contributed by atoms with Gasteiger partial charge in [-0.15, -0.1) is 0 Å². The smallest absolute Gasteiger partial charge is 0.339 e. The first-order chi connectivity index (χ1) is 31.6. The number of hydrogen-bond acceptors (Lipinski definition) is 10. The molecule has 336 valence electrons. The number of carbonyl (C=O) groups excluding carboxylic acids is 2. The van der Waals surface area contributed by atoms with Crippen molar-refractivity contribution in [1.29, 1.82) is 0 Å². The van der Waals surface area contributed by atoms with Crippen LogP contribution in [0.2, 0.25) is 0 Å². The number of aliphatic hydroxyl groups is 2. The van der Waals surface area contributed by atoms with Gasteiger partial charge in [0.25, 0.3) is 0 Å². The van der Waals surface area contributed by atoms with E-state index in [9.17, 15) is 24.6 Å². The number of benzene rings is 4. The van der Waals surface area contributed by atoms with Crippen LogP contribution in [0.15, 0.2) is 105 Å². The third-order valence-electron chi connectivity index (χ3n) is 14.2. The van der Waals surface area contributed by atoms with Crippen LogP contribution >= 0.6 is 0 Å². The molecule has 0 saturated heterocycles. The second-order valence-corrected chi connectivity index (χ2v) is 18.4. The molecule has 4 aromatic carbocycles. The summed E-state index contributed by atoms with van der Waals surface area (Å²) in [6, 6.07) is 29.2. The minimum absolute atomic E-state index is 0.0393. The average Bonchev–Trinajstić information content (AvgIpc) is 3.30. The van der Waals surface area contributed by atoms with Crippen LogP contribution in [0.5, 0.6) is 5.75 Å². The summed E-state index contributed by atoms with van der Waals surface area (Å²) in [4.78, 5) is 43.4. The van der Waals surface area contributed by atoms with Gasteiger partial charge in [-0.25, -0.2) is 9.59 Å². The van der Waals surface area contributed by atoms with Crippen LogP contribution < -0.4 is 10.4 Å². The number of ether oxygens (including phenoxy) is 4. The molecule has 10 nitrogen and oxygen atoms in total. The predicted octanol–water partition coefficient (Wildman–Crippen LogP) is 8.67. The molecule has 0 radical (unpaired) electrons. The fourth-order valence-corrected chi connectivity index (χ4v) is 10.8. The van der Waals surface area contributed by atoms with Crippen molar-refractivity contribution in [3.05, 3.63) is 157 Å². The van der Waals surface area contributed by atoms with E-state index in [0.717, 1.165) is 36.8 Å². The van der Waals surface area contributed by atoms with Crippen molar-refractivity contribution >= 4 is 22.9 Å². The lowest BCUT2D eigenvalue weighted by Gasteiger charge is -2.45. The number of rotatable bonds is 8. The molecule has 5 aromatic rings. The van der Waals surface area contributed by atoms with Crippen LogP contribution in [0.3, 0.4) is 0 Å². The molecule has 9 rings (SSSR count). The van der Waals surface area contributed by atoms with Crippen LogP contribution in [0.1, 0.15) is 120 Å². The van der Waals surface area contributed by atoms with Crippen LogP contribution in [0, 0.1) is 17.8 Å². The van der Waals surface area contributed by atoms with Crippen molar-refractivity contribution in [2.45, 2.75) is 114 Å². The molecule has 65 heavy (non-hydrogen) atoms. The molecule has 1 aliphatic carbocycles. The fraction of sp³-hybridized carbons (Fsp3) is 0.400. The summed E-state index contributed by atoms with van der Waals surface area (Å²) < 4.78 is 31.4. The highest BCUT2D eigenvalue weighted by atomic mass is 16.6. The Bertz CT molecular complexity index is 2770. The Morgan fingerprint density at radius 3 is 2.52 bits per heavy atom. The Balaban J connectivity index is 1.19. The van der Waals surface area contributed by atoms with Gasteiger partial charge in [0.15, 0.2) is 17.8 Å². The number of methoxy groups -OCH3 is 1. The van der Waals surface area contributed by atoms with Gasteiger partial charge in [-0.3, -0.25) is 4.79 Å². The summed E-state index contributed by atoms with van der Waals surface area (Å²) in [5, 5.41) is 21.5. The lowest BCUT2D eigenvalue weighted by molar-refractivity contribution is -0.190. The van der Waals surface area contributed by atoms with Gasteiger partial charge in [0.1, 0.15) is 11.3 Å². The zero-order valence-corrected chi connectivity index (χ0v) is 37.3. The Hall–Kier alpha value is -5.99. The summed E-state index contributed by atoms with van der Waals surface area (Å²) >= 11 is 0. The highest BCUT2D eigenvalue weighted by Gasteiger charge is 2.53. The lowest BCUT2D eigenvalue weighted by Crippen LogP contribution is -2.54. The first kappa shape index (κ1) is 44.2. The third kappa shape index (κ3) is 8.90. The SMILES string of the molecule is COCCc1c(CO)c2ccc3c(c2oc1=O)C1OC(=O)CC2CC(c4cccc(Cc5ccccc5)c4)CCC2c2ccc4cc2CC#CCC(C)(O3)C1OC(=O)C(=C(C)CO)CC4. The Morgan fingerprint density at radius 1 is 0.892 bits per heavy atom. The Morgan fingerprint density at radius 2 is 1.72 bits per heavy atom. The molecular weight excluding hydrogens is 821 g/mol. The van der Waals surface area contributed by atoms with Crippen molar-refractivity contribution < 1.29 is 43.2 Å². The van der Waals surface area contributed by atoms with E-state index in [4.69, 9.17) is 23.4 Å². The molecular formula is C55H56O10. The zero-order chi connectivity index (χ0) is 45.2. The average molecular weight is 877 g/mol. The molecule has 4 aliphatic rings. The maximum atomic E-state index is 15.0. The largest absolute Gasteiger partial charge is 0.482 e. The summed E-state index contributed by atoms with van der Waals surface area (Å²) in [6.07, 6.45) is 2.47. The highest BCUT2D eigenvalue weighted by Crippen LogP contribution is 2.51. The summed E-state index contributed by atoms with van der Waals surface area (Å²) in [5.74, 6) is 6.04. The normalized spacial score (nSPS) is 24.8. The van der Waals surface area contributed by atoms with Crippen molar-refractivity contribution in [3.63, 3.8) is 0 Å². The molecule has 10 heteroatoms. The second kappa shape index (κ2) is 18.9. The quantitative estimate of drug-likeness (QED) is 0.0674. The second-order valence-electron chi connectivity index (χ2n) is 18.4. The van der Waals surface area contributed by atoms with Crippen molar-refractivity contribution in [2.75, 3.05) is 20.3 Å². The molecule has 0 spiro atoms. The highest BCUT2D eigenvalue weighted by molar-refractivity contribution is 5.90. The predicted molar refractivity (Wildman–Crippen MR) is 246 cm³/mol. The number of fused-ring (bicyclic) bond motifs is 9. The summed E-state index contributed by atoms with van der Waals surface area (Å²) in [7, 11) is 1.53. The van der Waals surface area contributed by atoms with Gasteiger partial charge in [0.05, 0.1) is 31.8 Å². The minimum Gasteiger partial charge on any atom is -0.482 e. The van der Waals surface area contributed by atoms with E-state index in [1.165, 1.54) is 29.4 Å². The Kier molecular flexibility index (Phi) is 12.8. The lowest BCUT2D eigenvalue weighted by atomic mass is 9.67. The van der Waals surface area contributed by atoms with E-state index in [2.05, 4.69) is 78.6 Å². The van der Waals surface area contributed by atoms with Crippen molar-refractivity contribution in [1.82, 2.24) is 0 Å². The fourth-order valence-electron chi connectivity index (χ4n) is 10.8. The van der Waals surface area contributed by atoms with E-state index >= 15 is 0 Å². The van der Waals surface area contributed by atoms with E-state index in [0.29, 0.717) is 41.4 Å². The standard InChI is InChI=1S/C55H56O10/c1-33(31-56)41-18-15-35-16-19-42-39(27-35)13-7-8-24-55(2)52(64-53(41)59)51(49-47(65-55)22-21-44-46(32-57)45(23-25-61-3)54(60)63-50(44)49)62-48(58)30-40-29-38(17-20-43(40)42)37-14-9-12-36(28-37)26-34-10-5-4-6-11-34/h4-6,9-12,14,16,19,21-22,27-28,38,40,43,51-52,56-57H,13,15,17-18,20,23-26,29-32H2,1-3H3. The first-order valence-electron chi connectivity index (χ1n) is 22.9. The molecule has 1 fully saturated rings. The van der Waals surface area contributed by atoms with Gasteiger partial charge in [-0.1, -0.05) is 84.6 Å². The van der Waals surface area contributed by atoms with Gasteiger partial charge in [0, 0.05) is 42.9 Å². The molecule has 1 saturated carbocycles. The van der Waals surface area contributed by atoms with Gasteiger partial charge >= 0.3 is 17.6 Å². The summed E-state index contributed by atoms with van der Waals surface area (Å²) in [5.41, 5.74) is 6.73. The van der Waals surface area contributed by atoms with Crippen LogP contribution in [-0.4, -0.2) is 54.2 Å². The molecule has 5 bridgehead atoms. The van der Waals surface area contributed by atoms with E-state index in [-0.39, 0.29) is 72.7 Å². The van der Waals surface area contributed by atoms with Crippen LogP contribution in [-0.2, 0) is 56.1 Å². The number of hydrogen-bond donors (Lipinski definition) is 2. The molecule has 6 unspecified atom stereocenters. The minimum atomic E-state index is -1.35. The van der Waals surface area contributed by atoms with Gasteiger partial charge in [0.2, 0.25) is 0 Å². The first-order valence-corrected chi connectivity index (χ1v) is 22.9. The van der Waals surface area contributed by atoms with Crippen molar-refractivity contribution in [2.24, 2.45) is 5.92 Å². The molecule has 1 aromatic heterocycles. The molecule has 4 heterocycles. The van der Waals surface area contributed by atoms with E-state index < -0.39 is 42.0 Å². The van der Waals surface area contributed by atoms with Gasteiger partial charge in [-0.05, 0) is 127 Å². The van der Waals surface area contributed by atoms with Crippen LogP contribution in [0.4, 0.5) is 0 Å². The number of aliphatic hydroxyl groups excluding tert-OH is 2. The maximum absolute atomic E-state index is 15.0. The topological polar surface area (TPSA) is 142 Å². The zero-order valence-electron chi connectivity index (χ0n) is 37.3. The third-order valence-corrected chi connectivity index (χ3v) is 14.2. The summed E-state index contributed by atoms with van der Waals surface area (Å²) in [6.45, 7) is 2.90. The number of aryl methyl sites for hydroxylation is 1. The van der Waals surface area contributed by atoms with Crippen LogP contribution in [0.25, 0.3) is 11.0 Å².